The molecule has 11 heteroatoms. The van der Waals surface area contributed by atoms with E-state index in [1.807, 2.05) is 12.2 Å². The summed E-state index contributed by atoms with van der Waals surface area (Å²) in [4.78, 5) is 26.5. The van der Waals surface area contributed by atoms with Crippen molar-refractivity contribution in [2.75, 3.05) is 13.2 Å². The van der Waals surface area contributed by atoms with Crippen molar-refractivity contribution < 1.29 is 49.3 Å². The van der Waals surface area contributed by atoms with Gasteiger partial charge in [0.25, 0.3) is 0 Å². The first-order valence-electron chi connectivity index (χ1n) is 30.3. The number of esters is 1. The summed E-state index contributed by atoms with van der Waals surface area (Å²) in [6.07, 6.45) is 62.4. The van der Waals surface area contributed by atoms with E-state index < -0.39 is 67.4 Å². The molecule has 0 spiro atoms. The van der Waals surface area contributed by atoms with Gasteiger partial charge in [-0.15, -0.1) is 0 Å². The van der Waals surface area contributed by atoms with Crippen molar-refractivity contribution in [2.45, 2.75) is 269 Å². The molecule has 1 saturated heterocycles. The molecule has 0 aromatic heterocycles. The number of aliphatic hydroxyl groups is 5. The molecule has 0 radical (unpaired) electrons. The molecule has 0 aliphatic carbocycles. The lowest BCUT2D eigenvalue weighted by Gasteiger charge is -2.41. The molecule has 0 saturated carbocycles. The largest absolute Gasteiger partial charge is 0.454 e. The van der Waals surface area contributed by atoms with Gasteiger partial charge in [0, 0.05) is 6.42 Å². The highest BCUT2D eigenvalue weighted by molar-refractivity contribution is 5.80. The van der Waals surface area contributed by atoms with Crippen LogP contribution in [0.4, 0.5) is 0 Å². The fourth-order valence-electron chi connectivity index (χ4n) is 8.55. The molecule has 1 aliphatic heterocycles. The van der Waals surface area contributed by atoms with Gasteiger partial charge in [-0.25, -0.2) is 0 Å². The molecular formula is C66H109NO10. The summed E-state index contributed by atoms with van der Waals surface area (Å²) in [7, 11) is 0. The zero-order chi connectivity index (χ0) is 56.1. The third-order valence-corrected chi connectivity index (χ3v) is 13.3. The first kappa shape index (κ1) is 71.1. The number of hydrogen-bond donors (Lipinski definition) is 6. The molecule has 11 nitrogen and oxygen atoms in total. The number of rotatable bonds is 49. The van der Waals surface area contributed by atoms with Crippen molar-refractivity contribution >= 4 is 11.9 Å². The minimum absolute atomic E-state index is 0.0856. The van der Waals surface area contributed by atoms with Crippen molar-refractivity contribution in [1.29, 1.82) is 0 Å². The summed E-state index contributed by atoms with van der Waals surface area (Å²) in [6.45, 7) is 5.58. The molecule has 0 bridgehead atoms. The van der Waals surface area contributed by atoms with E-state index in [9.17, 15) is 35.1 Å². The minimum atomic E-state index is -1.64. The predicted molar refractivity (Wildman–Crippen MR) is 319 cm³/mol. The molecule has 1 amide bonds. The van der Waals surface area contributed by atoms with Crippen LogP contribution < -0.4 is 5.32 Å². The summed E-state index contributed by atoms with van der Waals surface area (Å²) in [6, 6.07) is -1.06. The zero-order valence-corrected chi connectivity index (χ0v) is 48.3. The fourth-order valence-corrected chi connectivity index (χ4v) is 8.55. The molecule has 1 aliphatic rings. The predicted octanol–water partition coefficient (Wildman–Crippen LogP) is 14.3. The Kier molecular flexibility index (Phi) is 48.7. The number of hydrogen-bond acceptors (Lipinski definition) is 10. The van der Waals surface area contributed by atoms with Crippen LogP contribution in [0.2, 0.25) is 0 Å². The summed E-state index contributed by atoms with van der Waals surface area (Å²) in [5.74, 6) is -1.27. The lowest BCUT2D eigenvalue weighted by molar-refractivity contribution is -0.305. The lowest BCUT2D eigenvalue weighted by atomic mass is 9.99. The van der Waals surface area contributed by atoms with Crippen LogP contribution >= 0.6 is 0 Å². The van der Waals surface area contributed by atoms with E-state index in [1.54, 1.807) is 6.08 Å². The smallest absolute Gasteiger partial charge is 0.306 e. The molecule has 1 fully saturated rings. The molecule has 8 unspecified atom stereocenters. The first-order valence-corrected chi connectivity index (χ1v) is 30.3. The highest BCUT2D eigenvalue weighted by Crippen LogP contribution is 2.26. The van der Waals surface area contributed by atoms with E-state index in [0.29, 0.717) is 19.3 Å². The third-order valence-electron chi connectivity index (χ3n) is 13.3. The van der Waals surface area contributed by atoms with Crippen LogP contribution in [0.1, 0.15) is 220 Å². The molecule has 77 heavy (non-hydrogen) atoms. The van der Waals surface area contributed by atoms with Crippen LogP contribution in [-0.4, -0.2) is 99.6 Å². The Balaban J connectivity index is 2.74. The summed E-state index contributed by atoms with van der Waals surface area (Å²) < 4.78 is 17.5. The Hall–Kier alpha value is -3.94. The second-order valence-corrected chi connectivity index (χ2v) is 20.3. The maximum absolute atomic E-state index is 13.4. The Morgan fingerprint density at radius 3 is 1.43 bits per heavy atom. The number of ether oxygens (including phenoxy) is 3. The quantitative estimate of drug-likeness (QED) is 0.0195. The van der Waals surface area contributed by atoms with Gasteiger partial charge in [0.15, 0.2) is 12.4 Å². The molecule has 6 N–H and O–H groups in total. The average molecular weight is 1080 g/mol. The van der Waals surface area contributed by atoms with Gasteiger partial charge in [0.2, 0.25) is 5.91 Å². The van der Waals surface area contributed by atoms with Crippen LogP contribution in [0.15, 0.2) is 122 Å². The van der Waals surface area contributed by atoms with E-state index in [-0.39, 0.29) is 19.4 Å². The number of amides is 1. The van der Waals surface area contributed by atoms with Crippen LogP contribution in [0.5, 0.6) is 0 Å². The molecule has 438 valence electrons. The van der Waals surface area contributed by atoms with Crippen molar-refractivity contribution in [2.24, 2.45) is 0 Å². The van der Waals surface area contributed by atoms with Gasteiger partial charge in [0.1, 0.15) is 24.4 Å². The van der Waals surface area contributed by atoms with E-state index in [4.69, 9.17) is 14.2 Å². The van der Waals surface area contributed by atoms with Gasteiger partial charge in [-0.2, -0.15) is 0 Å². The molecule has 1 rings (SSSR count). The van der Waals surface area contributed by atoms with Gasteiger partial charge in [0.05, 0.1) is 25.4 Å². The molecule has 8 atom stereocenters. The van der Waals surface area contributed by atoms with Crippen LogP contribution in [-0.2, 0) is 23.8 Å². The monoisotopic (exact) mass is 1080 g/mol. The summed E-state index contributed by atoms with van der Waals surface area (Å²) in [5, 5.41) is 56.8. The van der Waals surface area contributed by atoms with Gasteiger partial charge < -0.3 is 45.1 Å². The zero-order valence-electron chi connectivity index (χ0n) is 48.3. The van der Waals surface area contributed by atoms with Gasteiger partial charge in [-0.1, -0.05) is 219 Å². The highest BCUT2D eigenvalue weighted by Gasteiger charge is 2.47. The van der Waals surface area contributed by atoms with Crippen LogP contribution in [0.3, 0.4) is 0 Å². The maximum atomic E-state index is 13.4. The molecule has 1 heterocycles. The number of unbranched alkanes of at least 4 members (excludes halogenated alkanes) is 17. The van der Waals surface area contributed by atoms with Crippen molar-refractivity contribution in [3.63, 3.8) is 0 Å². The van der Waals surface area contributed by atoms with Gasteiger partial charge in [-0.05, 0) is 116 Å². The second kappa shape index (κ2) is 52.7. The van der Waals surface area contributed by atoms with E-state index in [2.05, 4.69) is 129 Å². The second-order valence-electron chi connectivity index (χ2n) is 20.3. The lowest BCUT2D eigenvalue weighted by Crippen LogP contribution is -2.61. The topological polar surface area (TPSA) is 175 Å². The average Bonchev–Trinajstić information content (AvgIpc) is 3.43. The van der Waals surface area contributed by atoms with E-state index in [0.717, 1.165) is 109 Å². The number of nitrogens with one attached hydrogen (secondary N) is 1. The fraction of sp³-hybridized carbons (Fsp3) is 0.667. The van der Waals surface area contributed by atoms with Crippen molar-refractivity contribution in [1.82, 2.24) is 5.32 Å². The standard InChI is InChI=1S/C66H109NO10/c1-4-7-10-13-16-19-22-24-26-28-29-30-32-33-35-38-41-44-47-50-53-59(70)65(74)67-57(58(69)52-49-46-43-40-37-21-18-15-12-9-6-3)56-75-66-64(63(73)62(72)60(55-68)76-66)77-61(71)54-51-48-45-42-39-36-34-31-27-25-23-20-17-14-11-8-5-2/h7,10,16-17,19-20,24-27,29-30,33-36,41,44,49,52,57-60,62-64,66,68-70,72-73H,4-6,8-9,11-15,18,21-23,28,31-32,37-40,42-43,45-48,50-51,53-56H2,1-3H3,(H,67,74)/b10-7-,19-16-,20-17-,26-24-,27-25-,30-29-,35-33-,36-34-,44-41-,52-49+. The van der Waals surface area contributed by atoms with E-state index >= 15 is 0 Å². The maximum Gasteiger partial charge on any atom is 0.306 e. The molecular weight excluding hydrogens is 967 g/mol. The molecule has 0 aromatic rings. The van der Waals surface area contributed by atoms with Crippen LogP contribution in [0, 0.1) is 0 Å². The van der Waals surface area contributed by atoms with Crippen LogP contribution in [0.25, 0.3) is 0 Å². The Bertz CT molecular complexity index is 1710. The highest BCUT2D eigenvalue weighted by atomic mass is 16.7. The van der Waals surface area contributed by atoms with Gasteiger partial charge >= 0.3 is 5.97 Å². The molecule has 0 aromatic carbocycles. The SMILES string of the molecule is CC/C=C\C/C=C\C/C=C\C/C=C\C/C=C\C/C=C\CCCC(O)C(=O)NC(COC1OC(CO)C(O)C(O)C1OC(=O)CCCCCC/C=C\C/C=C\C/C=C\CCCCC)C(O)/C=C/CCCCCCCCCCC. The number of allylic oxidation sites excluding steroid dienone is 19. The summed E-state index contributed by atoms with van der Waals surface area (Å²) >= 11 is 0. The Morgan fingerprint density at radius 2 is 0.935 bits per heavy atom. The number of carbonyl (C=O) groups excluding carboxylic acids is 2. The minimum Gasteiger partial charge on any atom is -0.454 e. The van der Waals surface area contributed by atoms with Gasteiger partial charge in [-0.3, -0.25) is 9.59 Å². The van der Waals surface area contributed by atoms with Crippen molar-refractivity contribution in [3.8, 4) is 0 Å². The number of carbonyl (C=O) groups is 2. The Labute approximate surface area is 468 Å². The normalized spacial score (nSPS) is 19.9. The Morgan fingerprint density at radius 1 is 0.519 bits per heavy atom. The number of aliphatic hydroxyl groups excluding tert-OH is 5. The van der Waals surface area contributed by atoms with Crippen molar-refractivity contribution in [3.05, 3.63) is 122 Å². The first-order chi connectivity index (χ1) is 37.7. The third kappa shape index (κ3) is 40.8. The van der Waals surface area contributed by atoms with E-state index in [1.165, 1.54) is 57.8 Å². The summed E-state index contributed by atoms with van der Waals surface area (Å²) in [5.41, 5.74) is 0.